The number of hydrogen-bond acceptors (Lipinski definition) is 6. The molecule has 4 aromatic rings. The van der Waals surface area contributed by atoms with Gasteiger partial charge in [-0.25, -0.2) is 14.5 Å². The van der Waals surface area contributed by atoms with E-state index in [9.17, 15) is 14.9 Å². The van der Waals surface area contributed by atoms with Crippen molar-refractivity contribution in [1.82, 2.24) is 19.6 Å². The number of amides is 2. The van der Waals surface area contributed by atoms with Crippen molar-refractivity contribution in [2.24, 2.45) is 0 Å². The summed E-state index contributed by atoms with van der Waals surface area (Å²) in [5, 5.41) is 19.0. The molecule has 0 saturated heterocycles. The van der Waals surface area contributed by atoms with Gasteiger partial charge in [-0.05, 0) is 56.2 Å². The molecule has 1 aromatic carbocycles. The summed E-state index contributed by atoms with van der Waals surface area (Å²) >= 11 is 0. The molecular weight excluding hydrogens is 418 g/mol. The second-order valence-corrected chi connectivity index (χ2v) is 7.46. The molecule has 0 radical (unpaired) electrons. The predicted octanol–water partition coefficient (Wildman–Crippen LogP) is 3.44. The molecule has 2 amide bonds. The Bertz CT molecular complexity index is 1390. The Hall–Kier alpha value is -4.58. The van der Waals surface area contributed by atoms with Gasteiger partial charge in [0, 0.05) is 35.3 Å². The summed E-state index contributed by atoms with van der Waals surface area (Å²) in [5.74, 6) is -0.0481. The van der Waals surface area contributed by atoms with E-state index in [1.807, 2.05) is 13.8 Å². The average molecular weight is 439 g/mol. The second kappa shape index (κ2) is 9.28. The molecule has 0 fully saturated rings. The van der Waals surface area contributed by atoms with Crippen molar-refractivity contribution in [3.05, 3.63) is 82.9 Å². The minimum Gasteiger partial charge on any atom is -0.326 e. The summed E-state index contributed by atoms with van der Waals surface area (Å²) in [7, 11) is 0. The summed E-state index contributed by atoms with van der Waals surface area (Å²) in [6, 6.07) is 14.1. The first-order chi connectivity index (χ1) is 16.0. The van der Waals surface area contributed by atoms with Crippen LogP contribution in [0.1, 0.15) is 39.3 Å². The van der Waals surface area contributed by atoms with Gasteiger partial charge in [0.2, 0.25) is 5.91 Å². The van der Waals surface area contributed by atoms with Crippen LogP contribution in [-0.4, -0.2) is 31.4 Å². The van der Waals surface area contributed by atoms with E-state index in [1.54, 1.807) is 53.2 Å². The minimum absolute atomic E-state index is 0.186. The summed E-state index contributed by atoms with van der Waals surface area (Å²) < 4.78 is 1.63. The number of nitrogens with one attached hydrogen (secondary N) is 2. The van der Waals surface area contributed by atoms with Gasteiger partial charge >= 0.3 is 0 Å². The smallest absolute Gasteiger partial charge is 0.256 e. The van der Waals surface area contributed by atoms with E-state index in [-0.39, 0.29) is 18.2 Å². The lowest BCUT2D eigenvalue weighted by molar-refractivity contribution is -0.116. The van der Waals surface area contributed by atoms with Crippen molar-refractivity contribution in [3.63, 3.8) is 0 Å². The quantitative estimate of drug-likeness (QED) is 0.474. The molecule has 0 aliphatic heterocycles. The third-order valence-electron chi connectivity index (χ3n) is 5.25. The van der Waals surface area contributed by atoms with E-state index in [0.717, 1.165) is 17.0 Å². The summed E-state index contributed by atoms with van der Waals surface area (Å²) in [5.41, 5.74) is 4.39. The number of anilines is 2. The van der Waals surface area contributed by atoms with Gasteiger partial charge in [-0.2, -0.15) is 10.4 Å². The summed E-state index contributed by atoms with van der Waals surface area (Å²) in [4.78, 5) is 33.6. The number of rotatable bonds is 6. The van der Waals surface area contributed by atoms with E-state index < -0.39 is 0 Å². The number of nitriles is 1. The van der Waals surface area contributed by atoms with Gasteiger partial charge in [0.1, 0.15) is 17.5 Å². The van der Waals surface area contributed by atoms with Crippen LogP contribution in [0.4, 0.5) is 11.5 Å². The normalized spacial score (nSPS) is 10.6. The van der Waals surface area contributed by atoms with Crippen molar-refractivity contribution in [2.45, 2.75) is 26.7 Å². The molecular formula is C24H21N7O2. The van der Waals surface area contributed by atoms with Gasteiger partial charge in [-0.15, -0.1) is 0 Å². The predicted molar refractivity (Wildman–Crippen MR) is 123 cm³/mol. The molecule has 9 nitrogen and oxygen atoms in total. The van der Waals surface area contributed by atoms with Crippen LogP contribution in [0.3, 0.4) is 0 Å². The van der Waals surface area contributed by atoms with Crippen molar-refractivity contribution in [1.29, 1.82) is 5.26 Å². The van der Waals surface area contributed by atoms with Crippen LogP contribution in [0.15, 0.2) is 54.9 Å². The van der Waals surface area contributed by atoms with Gasteiger partial charge in [-0.3, -0.25) is 9.59 Å². The fourth-order valence-corrected chi connectivity index (χ4v) is 3.58. The first-order valence-corrected chi connectivity index (χ1v) is 10.3. The largest absolute Gasteiger partial charge is 0.326 e. The van der Waals surface area contributed by atoms with Crippen LogP contribution >= 0.6 is 0 Å². The number of benzene rings is 1. The van der Waals surface area contributed by atoms with Crippen LogP contribution in [0.25, 0.3) is 5.65 Å². The average Bonchev–Trinajstić information content (AvgIpc) is 3.22. The molecule has 0 unspecified atom stereocenters. The van der Waals surface area contributed by atoms with Gasteiger partial charge in [-0.1, -0.05) is 12.1 Å². The number of nitrogens with zero attached hydrogens (tertiary/aromatic N) is 5. The lowest BCUT2D eigenvalue weighted by atomic mass is 10.1. The molecule has 2 N–H and O–H groups in total. The van der Waals surface area contributed by atoms with Crippen LogP contribution < -0.4 is 10.6 Å². The Labute approximate surface area is 190 Å². The van der Waals surface area contributed by atoms with Crippen LogP contribution in [0.2, 0.25) is 0 Å². The molecule has 164 valence electrons. The highest BCUT2D eigenvalue weighted by atomic mass is 16.2. The number of fused-ring (bicyclic) bond motifs is 1. The molecule has 0 aliphatic carbocycles. The molecule has 0 aliphatic rings. The highest BCUT2D eigenvalue weighted by Crippen LogP contribution is 2.19. The van der Waals surface area contributed by atoms with Crippen molar-refractivity contribution in [3.8, 4) is 6.07 Å². The number of pyridine rings is 1. The minimum atomic E-state index is -0.314. The molecule has 0 saturated carbocycles. The lowest BCUT2D eigenvalue weighted by Gasteiger charge is -2.12. The van der Waals surface area contributed by atoms with Gasteiger partial charge in [0.15, 0.2) is 5.65 Å². The standard InChI is InChI=1S/C24H21N7O2/c1-15-20(16(2)31-23(28-15)18(13-25)14-27-31)9-10-22(32)29-19-7-5-6-17(12-19)24(33)30-21-8-3-4-11-26-21/h3-8,11-12,14H,9-10H2,1-2H3,(H,29,32)(H,26,30,33). The van der Waals surface area contributed by atoms with Gasteiger partial charge < -0.3 is 10.6 Å². The number of carbonyl (C=O) groups is 2. The van der Waals surface area contributed by atoms with Crippen molar-refractivity contribution >= 4 is 29.0 Å². The number of aromatic nitrogens is 4. The van der Waals surface area contributed by atoms with E-state index in [2.05, 4.69) is 31.8 Å². The fourth-order valence-electron chi connectivity index (χ4n) is 3.58. The first kappa shape index (κ1) is 21.6. The molecule has 3 heterocycles. The highest BCUT2D eigenvalue weighted by Gasteiger charge is 2.15. The summed E-state index contributed by atoms with van der Waals surface area (Å²) in [6.07, 6.45) is 3.78. The van der Waals surface area contributed by atoms with E-state index in [1.165, 1.54) is 6.20 Å². The maximum absolute atomic E-state index is 12.6. The van der Waals surface area contributed by atoms with E-state index >= 15 is 0 Å². The Morgan fingerprint density at radius 2 is 1.97 bits per heavy atom. The second-order valence-electron chi connectivity index (χ2n) is 7.46. The number of hydrogen-bond donors (Lipinski definition) is 2. The zero-order valence-electron chi connectivity index (χ0n) is 18.2. The topological polar surface area (TPSA) is 125 Å². The molecule has 33 heavy (non-hydrogen) atoms. The Kier molecular flexibility index (Phi) is 6.09. The molecule has 3 aromatic heterocycles. The Morgan fingerprint density at radius 3 is 2.73 bits per heavy atom. The third-order valence-corrected chi connectivity index (χ3v) is 5.25. The first-order valence-electron chi connectivity index (χ1n) is 10.3. The maximum Gasteiger partial charge on any atom is 0.256 e. The monoisotopic (exact) mass is 439 g/mol. The molecule has 9 heteroatoms. The van der Waals surface area contributed by atoms with E-state index in [0.29, 0.717) is 34.7 Å². The Balaban J connectivity index is 1.42. The molecule has 0 spiro atoms. The SMILES string of the molecule is Cc1nc2c(C#N)cnn2c(C)c1CCC(=O)Nc1cccc(C(=O)Nc2ccccn2)c1. The zero-order chi connectivity index (χ0) is 23.4. The zero-order valence-corrected chi connectivity index (χ0v) is 18.2. The highest BCUT2D eigenvalue weighted by molar-refractivity contribution is 6.04. The van der Waals surface area contributed by atoms with Crippen molar-refractivity contribution < 1.29 is 9.59 Å². The van der Waals surface area contributed by atoms with Gasteiger partial charge in [0.05, 0.1) is 6.20 Å². The third kappa shape index (κ3) is 4.70. The van der Waals surface area contributed by atoms with Crippen LogP contribution in [0, 0.1) is 25.2 Å². The summed E-state index contributed by atoms with van der Waals surface area (Å²) in [6.45, 7) is 3.75. The van der Waals surface area contributed by atoms with Crippen LogP contribution in [-0.2, 0) is 11.2 Å². The van der Waals surface area contributed by atoms with E-state index in [4.69, 9.17) is 0 Å². The molecule has 4 rings (SSSR count). The number of aryl methyl sites for hydroxylation is 2. The Morgan fingerprint density at radius 1 is 1.12 bits per heavy atom. The van der Waals surface area contributed by atoms with Crippen molar-refractivity contribution in [2.75, 3.05) is 10.6 Å². The molecule has 0 bridgehead atoms. The number of carbonyl (C=O) groups excluding carboxylic acids is 2. The fraction of sp³-hybridized carbons (Fsp3) is 0.167. The van der Waals surface area contributed by atoms with Gasteiger partial charge in [0.25, 0.3) is 5.91 Å². The molecule has 0 atom stereocenters. The lowest BCUT2D eigenvalue weighted by Crippen LogP contribution is -2.16. The maximum atomic E-state index is 12.6. The van der Waals surface area contributed by atoms with Crippen LogP contribution in [0.5, 0.6) is 0 Å².